The first-order valence-corrected chi connectivity index (χ1v) is 12.7. The third kappa shape index (κ3) is 4.70. The highest BCUT2D eigenvalue weighted by atomic mass is 16.6. The molecule has 2 aromatic carbocycles. The molecule has 0 bridgehead atoms. The van der Waals surface area contributed by atoms with Gasteiger partial charge in [0.15, 0.2) is 5.78 Å². The highest BCUT2D eigenvalue weighted by Crippen LogP contribution is 2.46. The van der Waals surface area contributed by atoms with Crippen LogP contribution in [-0.4, -0.2) is 22.8 Å². The molecule has 7 nitrogen and oxygen atoms in total. The molecule has 1 saturated carbocycles. The number of nitro groups is 1. The number of allylic oxidation sites excluding steroid dienone is 3. The van der Waals surface area contributed by atoms with Crippen LogP contribution in [0.25, 0.3) is 0 Å². The Balaban J connectivity index is 1.56. The van der Waals surface area contributed by atoms with Crippen molar-refractivity contribution >= 4 is 17.4 Å². The molecule has 0 amide bonds. The van der Waals surface area contributed by atoms with Gasteiger partial charge >= 0.3 is 5.97 Å². The van der Waals surface area contributed by atoms with Crippen molar-refractivity contribution in [2.24, 2.45) is 0 Å². The van der Waals surface area contributed by atoms with Crippen molar-refractivity contribution < 1.29 is 19.2 Å². The van der Waals surface area contributed by atoms with Gasteiger partial charge in [0.05, 0.1) is 10.5 Å². The molecule has 5 rings (SSSR count). The molecule has 3 aliphatic rings. The number of non-ortho nitro benzene ring substituents is 1. The van der Waals surface area contributed by atoms with E-state index < -0.39 is 16.8 Å². The smallest absolute Gasteiger partial charge is 0.337 e. The van der Waals surface area contributed by atoms with Crippen LogP contribution >= 0.6 is 0 Å². The van der Waals surface area contributed by atoms with Crippen molar-refractivity contribution in [2.75, 3.05) is 0 Å². The maximum absolute atomic E-state index is 13.7. The molecular weight excluding hydrogens is 456 g/mol. The van der Waals surface area contributed by atoms with Gasteiger partial charge in [0, 0.05) is 41.4 Å². The molecule has 186 valence electrons. The lowest BCUT2D eigenvalue weighted by Crippen LogP contribution is -2.37. The molecular formula is C29H30N2O5. The number of ketones is 1. The highest BCUT2D eigenvalue weighted by molar-refractivity contribution is 6.04. The van der Waals surface area contributed by atoms with Crippen LogP contribution in [0.1, 0.15) is 74.8 Å². The van der Waals surface area contributed by atoms with Crippen molar-refractivity contribution in [3.8, 4) is 0 Å². The molecule has 1 aliphatic heterocycles. The van der Waals surface area contributed by atoms with E-state index in [1.807, 2.05) is 37.3 Å². The van der Waals surface area contributed by atoms with E-state index in [-0.39, 0.29) is 23.5 Å². The summed E-state index contributed by atoms with van der Waals surface area (Å²) in [6.45, 7) is 1.82. The fraction of sp³-hybridized carbons (Fsp3) is 0.379. The Morgan fingerprint density at radius 3 is 2.44 bits per heavy atom. The number of carbonyl (C=O) groups excluding carboxylic acids is 2. The molecule has 0 radical (unpaired) electrons. The number of nitrogens with one attached hydrogen (secondary N) is 1. The Hall–Kier alpha value is -3.74. The van der Waals surface area contributed by atoms with Gasteiger partial charge in [-0.15, -0.1) is 0 Å². The molecule has 2 aromatic rings. The van der Waals surface area contributed by atoms with E-state index in [9.17, 15) is 19.7 Å². The van der Waals surface area contributed by atoms with Crippen LogP contribution in [0.15, 0.2) is 77.1 Å². The van der Waals surface area contributed by atoms with Gasteiger partial charge in [-0.25, -0.2) is 4.79 Å². The van der Waals surface area contributed by atoms with E-state index in [1.54, 1.807) is 12.1 Å². The fourth-order valence-corrected chi connectivity index (χ4v) is 5.82. The number of hydrogen-bond acceptors (Lipinski definition) is 6. The van der Waals surface area contributed by atoms with E-state index >= 15 is 0 Å². The summed E-state index contributed by atoms with van der Waals surface area (Å²) in [6, 6.07) is 16.2. The molecule has 0 unspecified atom stereocenters. The number of benzene rings is 2. The minimum Gasteiger partial charge on any atom is -0.459 e. The largest absolute Gasteiger partial charge is 0.459 e. The summed E-state index contributed by atoms with van der Waals surface area (Å²) in [5, 5.41) is 14.9. The zero-order valence-corrected chi connectivity index (χ0v) is 20.4. The van der Waals surface area contributed by atoms with Crippen LogP contribution in [0.3, 0.4) is 0 Å². The summed E-state index contributed by atoms with van der Waals surface area (Å²) in [7, 11) is 0. The van der Waals surface area contributed by atoms with E-state index in [4.69, 9.17) is 4.74 Å². The number of rotatable bonds is 5. The lowest BCUT2D eigenvalue weighted by atomic mass is 9.71. The van der Waals surface area contributed by atoms with E-state index in [2.05, 4.69) is 5.32 Å². The molecule has 0 aromatic heterocycles. The van der Waals surface area contributed by atoms with Crippen LogP contribution in [-0.2, 0) is 14.3 Å². The third-order valence-electron chi connectivity index (χ3n) is 7.56. The average molecular weight is 487 g/mol. The van der Waals surface area contributed by atoms with Crippen molar-refractivity contribution in [3.63, 3.8) is 0 Å². The normalized spacial score (nSPS) is 22.6. The van der Waals surface area contributed by atoms with Crippen LogP contribution in [0, 0.1) is 10.1 Å². The molecule has 0 spiro atoms. The lowest BCUT2D eigenvalue weighted by Gasteiger charge is -2.37. The SMILES string of the molecule is CC1=C(C(=O)OC2CCCCC2)[C@H](c2cccc([N+](=O)[O-])c2)C2=C(C[C@@H](c3ccccc3)CC2=O)N1. The zero-order valence-electron chi connectivity index (χ0n) is 20.4. The van der Waals surface area contributed by atoms with Crippen molar-refractivity contribution in [1.29, 1.82) is 0 Å². The van der Waals surface area contributed by atoms with Crippen molar-refractivity contribution in [1.82, 2.24) is 5.32 Å². The maximum Gasteiger partial charge on any atom is 0.337 e. The zero-order chi connectivity index (χ0) is 25.2. The van der Waals surface area contributed by atoms with Gasteiger partial charge in [-0.3, -0.25) is 14.9 Å². The first-order chi connectivity index (χ1) is 17.4. The second-order valence-corrected chi connectivity index (χ2v) is 9.95. The van der Waals surface area contributed by atoms with Crippen LogP contribution in [0.2, 0.25) is 0 Å². The Labute approximate surface area is 210 Å². The van der Waals surface area contributed by atoms with Gasteiger partial charge in [0.25, 0.3) is 5.69 Å². The Kier molecular flexibility index (Phi) is 6.72. The number of nitro benzene ring substituents is 1. The summed E-state index contributed by atoms with van der Waals surface area (Å²) in [4.78, 5) is 38.3. The van der Waals surface area contributed by atoms with Gasteiger partial charge in [0.2, 0.25) is 0 Å². The molecule has 1 fully saturated rings. The quantitative estimate of drug-likeness (QED) is 0.324. The molecule has 1 N–H and O–H groups in total. The standard InChI is InChI=1S/C29H30N2O5/c1-18-26(29(33)36-23-13-6-3-7-14-23)27(20-11-8-12-22(15-20)31(34)35)28-24(30-18)16-21(17-25(28)32)19-9-4-2-5-10-19/h2,4-5,8-12,15,21,23,27,30H,3,6-7,13-14,16-17H2,1H3/t21-,27+/m1/s1. The second kappa shape index (κ2) is 10.1. The minimum atomic E-state index is -0.707. The van der Waals surface area contributed by atoms with Gasteiger partial charge < -0.3 is 10.1 Å². The average Bonchev–Trinajstić information content (AvgIpc) is 2.88. The van der Waals surface area contributed by atoms with Crippen LogP contribution < -0.4 is 5.32 Å². The first kappa shape index (κ1) is 24.0. The van der Waals surface area contributed by atoms with Crippen molar-refractivity contribution in [3.05, 3.63) is 98.4 Å². The number of nitrogens with zero attached hydrogens (tertiary/aromatic N) is 1. The molecule has 36 heavy (non-hydrogen) atoms. The number of Topliss-reactive ketones (excluding diaryl/α,β-unsaturated/α-hetero) is 1. The van der Waals surface area contributed by atoms with E-state index in [0.717, 1.165) is 43.4 Å². The summed E-state index contributed by atoms with van der Waals surface area (Å²) in [5.74, 6) is -1.18. The van der Waals surface area contributed by atoms with Gasteiger partial charge in [0.1, 0.15) is 6.10 Å². The summed E-state index contributed by atoms with van der Waals surface area (Å²) >= 11 is 0. The van der Waals surface area contributed by atoms with E-state index in [1.165, 1.54) is 12.1 Å². The topological polar surface area (TPSA) is 98.5 Å². The molecule has 0 saturated heterocycles. The van der Waals surface area contributed by atoms with Gasteiger partial charge in [-0.1, -0.05) is 48.9 Å². The molecule has 2 aliphatic carbocycles. The second-order valence-electron chi connectivity index (χ2n) is 9.95. The Morgan fingerprint density at radius 1 is 1.00 bits per heavy atom. The lowest BCUT2D eigenvalue weighted by molar-refractivity contribution is -0.384. The van der Waals surface area contributed by atoms with Gasteiger partial charge in [-0.05, 0) is 56.1 Å². The molecule has 1 heterocycles. The monoisotopic (exact) mass is 486 g/mol. The van der Waals surface area contributed by atoms with Gasteiger partial charge in [-0.2, -0.15) is 0 Å². The number of carbonyl (C=O) groups is 2. The molecule has 7 heteroatoms. The van der Waals surface area contributed by atoms with E-state index in [0.29, 0.717) is 35.2 Å². The number of hydrogen-bond donors (Lipinski definition) is 1. The summed E-state index contributed by atoms with van der Waals surface area (Å²) in [5.41, 5.74) is 3.87. The Morgan fingerprint density at radius 2 is 1.72 bits per heavy atom. The van der Waals surface area contributed by atoms with Crippen LogP contribution in [0.4, 0.5) is 5.69 Å². The third-order valence-corrected chi connectivity index (χ3v) is 7.56. The van der Waals surface area contributed by atoms with Crippen LogP contribution in [0.5, 0.6) is 0 Å². The summed E-state index contributed by atoms with van der Waals surface area (Å²) in [6.07, 6.45) is 5.66. The molecule has 2 atom stereocenters. The fourth-order valence-electron chi connectivity index (χ4n) is 5.82. The maximum atomic E-state index is 13.7. The predicted molar refractivity (Wildman–Crippen MR) is 135 cm³/mol. The first-order valence-electron chi connectivity index (χ1n) is 12.7. The number of esters is 1. The number of ether oxygens (including phenoxy) is 1. The summed E-state index contributed by atoms with van der Waals surface area (Å²) < 4.78 is 5.93. The van der Waals surface area contributed by atoms with Crippen molar-refractivity contribution in [2.45, 2.75) is 69.8 Å². The predicted octanol–water partition coefficient (Wildman–Crippen LogP) is 5.83. The number of dihydropyridines is 1. The Bertz CT molecular complexity index is 1260. The minimum absolute atomic E-state index is 0.0271. The highest BCUT2D eigenvalue weighted by Gasteiger charge is 2.42.